The summed E-state index contributed by atoms with van der Waals surface area (Å²) < 4.78 is 5.60. The van der Waals surface area contributed by atoms with Crippen LogP contribution in [-0.2, 0) is 0 Å². The average molecular weight is 388 g/mol. The Bertz CT molecular complexity index is 866. The average Bonchev–Trinajstić information content (AvgIpc) is 3.11. The van der Waals surface area contributed by atoms with Gasteiger partial charge in [0, 0.05) is 16.8 Å². The molecule has 0 aliphatic heterocycles. The number of hydrogen-bond donors (Lipinski definition) is 1. The van der Waals surface area contributed by atoms with Gasteiger partial charge in [-0.05, 0) is 54.2 Å². The highest BCUT2D eigenvalue weighted by atomic mass is 35.5. The van der Waals surface area contributed by atoms with Crippen LogP contribution in [0.3, 0.4) is 0 Å². The number of rotatable bonds is 5. The van der Waals surface area contributed by atoms with Crippen LogP contribution in [0.2, 0.25) is 5.02 Å². The van der Waals surface area contributed by atoms with Crippen molar-refractivity contribution in [3.05, 3.63) is 77.1 Å². The van der Waals surface area contributed by atoms with Gasteiger partial charge in [-0.1, -0.05) is 37.6 Å². The largest absolute Gasteiger partial charge is 0.448 e. The molecule has 0 saturated heterocycles. The molecule has 0 atom stereocenters. The fourth-order valence-electron chi connectivity index (χ4n) is 1.82. The number of benzene rings is 1. The maximum atomic E-state index is 11.9. The fraction of sp³-hybridized carbons (Fsp3) is 0.105. The number of nitrogens with zero attached hydrogens (tertiary/aromatic N) is 2. The third-order valence-corrected chi connectivity index (χ3v) is 4.00. The lowest BCUT2D eigenvalue weighted by Crippen LogP contribution is -2.17. The molecule has 1 N–H and O–H groups in total. The van der Waals surface area contributed by atoms with Gasteiger partial charge in [-0.15, -0.1) is 0 Å². The molecular formula is C19H18ClN3O2S. The lowest BCUT2D eigenvalue weighted by atomic mass is 10.2. The van der Waals surface area contributed by atoms with Gasteiger partial charge in [-0.25, -0.2) is 10.4 Å². The van der Waals surface area contributed by atoms with E-state index in [0.717, 1.165) is 5.03 Å². The van der Waals surface area contributed by atoms with Crippen molar-refractivity contribution in [1.82, 2.24) is 10.4 Å². The minimum atomic E-state index is -0.344. The van der Waals surface area contributed by atoms with Crippen molar-refractivity contribution in [3.8, 4) is 0 Å². The molecule has 0 saturated carbocycles. The zero-order chi connectivity index (χ0) is 18.8. The maximum Gasteiger partial charge on any atom is 0.271 e. The Hall–Kier alpha value is -2.57. The third kappa shape index (κ3) is 6.06. The SMILES string of the molecule is CC.O=C(N/N=C/c1ccc(Sc2ccccn2)o1)c1cccc(Cl)c1. The number of furan rings is 1. The standard InChI is InChI=1S/C17H12ClN3O2S.C2H6/c18-13-5-3-4-12(10-13)17(22)21-20-11-14-7-8-16(23-14)24-15-6-1-2-9-19-15;1-2/h1-11H,(H,21,22);1-2H3/b20-11+;. The number of halogens is 1. The zero-order valence-corrected chi connectivity index (χ0v) is 15.9. The van der Waals surface area contributed by atoms with Gasteiger partial charge < -0.3 is 4.42 Å². The molecule has 0 bridgehead atoms. The Morgan fingerprint density at radius 1 is 1.19 bits per heavy atom. The smallest absolute Gasteiger partial charge is 0.271 e. The van der Waals surface area contributed by atoms with Crippen molar-refractivity contribution >= 4 is 35.5 Å². The van der Waals surface area contributed by atoms with Gasteiger partial charge in [0.25, 0.3) is 5.91 Å². The molecule has 2 heterocycles. The summed E-state index contributed by atoms with van der Waals surface area (Å²) in [6.45, 7) is 4.00. The van der Waals surface area contributed by atoms with Gasteiger partial charge in [0.1, 0.15) is 10.8 Å². The predicted molar refractivity (Wildman–Crippen MR) is 105 cm³/mol. The highest BCUT2D eigenvalue weighted by Gasteiger charge is 2.05. The number of amides is 1. The van der Waals surface area contributed by atoms with Gasteiger partial charge in [-0.2, -0.15) is 5.10 Å². The van der Waals surface area contributed by atoms with Crippen molar-refractivity contribution in [2.24, 2.45) is 5.10 Å². The Kier molecular flexibility index (Phi) is 7.92. The van der Waals surface area contributed by atoms with E-state index in [9.17, 15) is 4.79 Å². The van der Waals surface area contributed by atoms with Crippen molar-refractivity contribution in [2.75, 3.05) is 0 Å². The van der Waals surface area contributed by atoms with Crippen LogP contribution in [0.5, 0.6) is 0 Å². The van der Waals surface area contributed by atoms with E-state index in [-0.39, 0.29) is 5.91 Å². The normalized spacial score (nSPS) is 10.3. The van der Waals surface area contributed by atoms with Gasteiger partial charge in [-0.3, -0.25) is 4.79 Å². The molecule has 0 radical (unpaired) electrons. The number of aromatic nitrogens is 1. The second-order valence-corrected chi connectivity index (χ2v) is 6.10. The Balaban J connectivity index is 0.00000117. The summed E-state index contributed by atoms with van der Waals surface area (Å²) in [7, 11) is 0. The summed E-state index contributed by atoms with van der Waals surface area (Å²) in [5.74, 6) is 0.184. The molecule has 0 spiro atoms. The van der Waals surface area contributed by atoms with Crippen LogP contribution in [0.25, 0.3) is 0 Å². The Morgan fingerprint density at radius 3 is 2.77 bits per heavy atom. The van der Waals surface area contributed by atoms with Gasteiger partial charge in [0.2, 0.25) is 0 Å². The first-order valence-corrected chi connectivity index (χ1v) is 9.18. The molecular weight excluding hydrogens is 370 g/mol. The number of nitrogens with one attached hydrogen (secondary N) is 1. The number of hydrazone groups is 1. The predicted octanol–water partition coefficient (Wildman–Crippen LogP) is 5.27. The zero-order valence-electron chi connectivity index (χ0n) is 14.3. The number of pyridine rings is 1. The van der Waals surface area contributed by atoms with Gasteiger partial charge in [0.05, 0.1) is 6.21 Å². The summed E-state index contributed by atoms with van der Waals surface area (Å²) in [6, 6.07) is 15.9. The molecule has 5 nitrogen and oxygen atoms in total. The van der Waals surface area contributed by atoms with Crippen LogP contribution in [0.1, 0.15) is 30.0 Å². The number of hydrogen-bond acceptors (Lipinski definition) is 5. The molecule has 7 heteroatoms. The Labute approximate surface area is 161 Å². The highest BCUT2D eigenvalue weighted by molar-refractivity contribution is 7.99. The van der Waals surface area contributed by atoms with Crippen molar-refractivity contribution in [2.45, 2.75) is 24.0 Å². The fourth-order valence-corrected chi connectivity index (χ4v) is 2.75. The molecule has 3 aromatic rings. The van der Waals surface area contributed by atoms with E-state index in [2.05, 4.69) is 15.5 Å². The minimum absolute atomic E-state index is 0.344. The van der Waals surface area contributed by atoms with Crippen molar-refractivity contribution in [1.29, 1.82) is 0 Å². The van der Waals surface area contributed by atoms with Crippen LogP contribution in [-0.4, -0.2) is 17.1 Å². The van der Waals surface area contributed by atoms with Crippen LogP contribution in [0, 0.1) is 0 Å². The molecule has 0 aliphatic rings. The summed E-state index contributed by atoms with van der Waals surface area (Å²) in [5.41, 5.74) is 2.86. The first-order valence-electron chi connectivity index (χ1n) is 7.98. The van der Waals surface area contributed by atoms with E-state index in [1.54, 1.807) is 36.5 Å². The lowest BCUT2D eigenvalue weighted by molar-refractivity contribution is 0.0955. The third-order valence-electron chi connectivity index (χ3n) is 2.89. The molecule has 0 unspecified atom stereocenters. The molecule has 26 heavy (non-hydrogen) atoms. The Morgan fingerprint density at radius 2 is 2.04 bits per heavy atom. The molecule has 1 amide bonds. The van der Waals surface area contributed by atoms with E-state index in [1.807, 2.05) is 38.1 Å². The lowest BCUT2D eigenvalue weighted by Gasteiger charge is -1.99. The van der Waals surface area contributed by atoms with E-state index >= 15 is 0 Å². The molecule has 3 rings (SSSR count). The van der Waals surface area contributed by atoms with Gasteiger partial charge >= 0.3 is 0 Å². The maximum absolute atomic E-state index is 11.9. The summed E-state index contributed by atoms with van der Waals surface area (Å²) >= 11 is 7.25. The second-order valence-electron chi connectivity index (χ2n) is 4.64. The van der Waals surface area contributed by atoms with E-state index < -0.39 is 0 Å². The molecule has 1 aromatic carbocycles. The van der Waals surface area contributed by atoms with Crippen molar-refractivity contribution in [3.63, 3.8) is 0 Å². The molecule has 134 valence electrons. The van der Waals surface area contributed by atoms with E-state index in [1.165, 1.54) is 18.0 Å². The van der Waals surface area contributed by atoms with E-state index in [0.29, 0.717) is 21.4 Å². The highest BCUT2D eigenvalue weighted by Crippen LogP contribution is 2.26. The van der Waals surface area contributed by atoms with E-state index in [4.69, 9.17) is 16.0 Å². The molecule has 0 aliphatic carbocycles. The second kappa shape index (κ2) is 10.4. The van der Waals surface area contributed by atoms with Crippen LogP contribution in [0.15, 0.2) is 80.4 Å². The molecule has 0 fully saturated rings. The van der Waals surface area contributed by atoms with Gasteiger partial charge in [0.15, 0.2) is 5.09 Å². The topological polar surface area (TPSA) is 67.5 Å². The van der Waals surface area contributed by atoms with Crippen molar-refractivity contribution < 1.29 is 9.21 Å². The first kappa shape index (κ1) is 19.8. The minimum Gasteiger partial charge on any atom is -0.448 e. The monoisotopic (exact) mass is 387 g/mol. The summed E-state index contributed by atoms with van der Waals surface area (Å²) in [6.07, 6.45) is 3.16. The number of carbonyl (C=O) groups is 1. The quantitative estimate of drug-likeness (QED) is 0.478. The van der Waals surface area contributed by atoms with Crippen LogP contribution < -0.4 is 5.43 Å². The number of carbonyl (C=O) groups excluding carboxylic acids is 1. The van der Waals surface area contributed by atoms with Crippen LogP contribution in [0.4, 0.5) is 0 Å². The summed E-state index contributed by atoms with van der Waals surface area (Å²) in [5, 5.41) is 5.90. The van der Waals surface area contributed by atoms with Crippen LogP contribution >= 0.6 is 23.4 Å². The first-order chi connectivity index (χ1) is 12.7. The summed E-state index contributed by atoms with van der Waals surface area (Å²) in [4.78, 5) is 16.1. The molecule has 2 aromatic heterocycles.